The van der Waals surface area contributed by atoms with Gasteiger partial charge in [0.25, 0.3) is 5.91 Å². The summed E-state index contributed by atoms with van der Waals surface area (Å²) in [6.07, 6.45) is 3.14. The van der Waals surface area contributed by atoms with Crippen LogP contribution in [0.4, 0.5) is 5.69 Å². The summed E-state index contributed by atoms with van der Waals surface area (Å²) in [5, 5.41) is 3.12. The lowest BCUT2D eigenvalue weighted by Crippen LogP contribution is -2.40. The minimum atomic E-state index is -0.808. The highest BCUT2D eigenvalue weighted by Crippen LogP contribution is 2.24. The molecule has 0 bridgehead atoms. The molecule has 0 aromatic heterocycles. The average molecular weight is 340 g/mol. The van der Waals surface area contributed by atoms with Gasteiger partial charge in [0.05, 0.1) is 17.9 Å². The number of halogens is 1. The number of carbonyl (C=O) groups is 2. The molecule has 0 saturated carbocycles. The van der Waals surface area contributed by atoms with Crippen LogP contribution in [0.1, 0.15) is 29.6 Å². The Morgan fingerprint density at radius 3 is 2.70 bits per heavy atom. The van der Waals surface area contributed by atoms with Crippen LogP contribution in [0.15, 0.2) is 18.2 Å². The second kappa shape index (κ2) is 8.29. The van der Waals surface area contributed by atoms with Gasteiger partial charge < -0.3 is 20.7 Å². The van der Waals surface area contributed by atoms with Crippen LogP contribution in [-0.2, 0) is 9.53 Å². The van der Waals surface area contributed by atoms with Crippen LogP contribution in [0.3, 0.4) is 0 Å². The summed E-state index contributed by atoms with van der Waals surface area (Å²) in [4.78, 5) is 26.6. The van der Waals surface area contributed by atoms with E-state index in [1.54, 1.807) is 23.1 Å². The molecule has 23 heavy (non-hydrogen) atoms. The van der Waals surface area contributed by atoms with Gasteiger partial charge in [-0.2, -0.15) is 0 Å². The minimum absolute atomic E-state index is 0.0990. The van der Waals surface area contributed by atoms with Crippen LogP contribution < -0.4 is 11.1 Å². The van der Waals surface area contributed by atoms with Crippen LogP contribution in [0.5, 0.6) is 0 Å². The number of carbonyl (C=O) groups excluding carboxylic acids is 2. The van der Waals surface area contributed by atoms with Crippen LogP contribution in [0.2, 0.25) is 5.02 Å². The third-order valence-electron chi connectivity index (χ3n) is 3.80. The van der Waals surface area contributed by atoms with E-state index in [9.17, 15) is 9.59 Å². The van der Waals surface area contributed by atoms with Gasteiger partial charge in [0.1, 0.15) is 6.04 Å². The monoisotopic (exact) mass is 339 g/mol. The van der Waals surface area contributed by atoms with Gasteiger partial charge in [0.15, 0.2) is 0 Å². The van der Waals surface area contributed by atoms with Gasteiger partial charge >= 0.3 is 0 Å². The summed E-state index contributed by atoms with van der Waals surface area (Å²) < 4.78 is 4.87. The summed E-state index contributed by atoms with van der Waals surface area (Å²) in [7, 11) is 1.47. The second-order valence-corrected chi connectivity index (χ2v) is 6.03. The first-order valence-corrected chi connectivity index (χ1v) is 8.05. The second-order valence-electron chi connectivity index (χ2n) is 5.59. The van der Waals surface area contributed by atoms with Gasteiger partial charge in [0, 0.05) is 25.2 Å². The van der Waals surface area contributed by atoms with E-state index in [1.165, 1.54) is 7.11 Å². The van der Waals surface area contributed by atoms with Gasteiger partial charge in [-0.1, -0.05) is 11.6 Å². The van der Waals surface area contributed by atoms with Crippen molar-refractivity contribution < 1.29 is 14.3 Å². The van der Waals surface area contributed by atoms with Gasteiger partial charge in [-0.25, -0.2) is 0 Å². The van der Waals surface area contributed by atoms with Crippen LogP contribution in [0, 0.1) is 0 Å². The molecule has 1 saturated heterocycles. The summed E-state index contributed by atoms with van der Waals surface area (Å²) >= 11 is 6.00. The maximum atomic E-state index is 12.7. The highest BCUT2D eigenvalue weighted by Gasteiger charge is 2.23. The summed E-state index contributed by atoms with van der Waals surface area (Å²) in [6.45, 7) is 1.57. The van der Waals surface area contributed by atoms with E-state index in [4.69, 9.17) is 22.1 Å². The van der Waals surface area contributed by atoms with Crippen molar-refractivity contribution in [1.29, 1.82) is 0 Å². The highest BCUT2D eigenvalue weighted by molar-refractivity contribution is 6.31. The third-order valence-corrected chi connectivity index (χ3v) is 4.03. The van der Waals surface area contributed by atoms with E-state index in [0.717, 1.165) is 32.4 Å². The fourth-order valence-electron chi connectivity index (χ4n) is 2.55. The number of anilines is 1. The zero-order chi connectivity index (χ0) is 16.8. The molecule has 1 unspecified atom stereocenters. The van der Waals surface area contributed by atoms with Crippen molar-refractivity contribution in [3.63, 3.8) is 0 Å². The van der Waals surface area contributed by atoms with Gasteiger partial charge in [-0.05, 0) is 37.5 Å². The van der Waals surface area contributed by atoms with Crippen molar-refractivity contribution in [2.24, 2.45) is 5.73 Å². The molecule has 1 atom stereocenters. The first kappa shape index (κ1) is 17.7. The number of hydrogen-bond donors (Lipinski definition) is 2. The molecule has 0 radical (unpaired) electrons. The molecule has 126 valence electrons. The molecular weight excluding hydrogens is 318 g/mol. The van der Waals surface area contributed by atoms with Gasteiger partial charge in [-0.3, -0.25) is 9.59 Å². The van der Waals surface area contributed by atoms with Crippen molar-refractivity contribution in [1.82, 2.24) is 4.90 Å². The summed E-state index contributed by atoms with van der Waals surface area (Å²) in [5.74, 6) is -0.515. The lowest BCUT2D eigenvalue weighted by atomic mass is 10.1. The lowest BCUT2D eigenvalue weighted by molar-refractivity contribution is -0.118. The SMILES string of the molecule is COCC(N)C(=O)Nc1cc(Cl)ccc1C(=O)N1CCCCC1. The standard InChI is InChI=1S/C16H22ClN3O3/c1-23-10-13(18)15(21)19-14-9-11(17)5-6-12(14)16(22)20-7-3-2-4-8-20/h5-6,9,13H,2-4,7-8,10,18H2,1H3,(H,19,21). The molecular formula is C16H22ClN3O3. The Bertz CT molecular complexity index is 574. The summed E-state index contributed by atoms with van der Waals surface area (Å²) in [5.41, 5.74) is 6.52. The first-order chi connectivity index (χ1) is 11.0. The number of benzene rings is 1. The fraction of sp³-hybridized carbons (Fsp3) is 0.500. The van der Waals surface area contributed by atoms with E-state index in [2.05, 4.69) is 5.32 Å². The van der Waals surface area contributed by atoms with E-state index < -0.39 is 11.9 Å². The molecule has 1 aliphatic heterocycles. The maximum absolute atomic E-state index is 12.7. The van der Waals surface area contributed by atoms with Crippen molar-refractivity contribution in [2.75, 3.05) is 32.1 Å². The number of nitrogens with two attached hydrogens (primary N) is 1. The number of amides is 2. The Labute approximate surface area is 140 Å². The smallest absolute Gasteiger partial charge is 0.255 e. The van der Waals surface area contributed by atoms with Crippen LogP contribution in [-0.4, -0.2) is 49.6 Å². The zero-order valence-corrected chi connectivity index (χ0v) is 13.9. The molecule has 3 N–H and O–H groups in total. The quantitative estimate of drug-likeness (QED) is 0.857. The number of nitrogens with one attached hydrogen (secondary N) is 1. The van der Waals surface area contributed by atoms with Crippen molar-refractivity contribution in [3.8, 4) is 0 Å². The number of piperidine rings is 1. The molecule has 7 heteroatoms. The number of rotatable bonds is 5. The normalized spacial score (nSPS) is 16.0. The molecule has 2 rings (SSSR count). The Morgan fingerprint density at radius 1 is 1.35 bits per heavy atom. The topological polar surface area (TPSA) is 84.7 Å². The number of ether oxygens (including phenoxy) is 1. The highest BCUT2D eigenvalue weighted by atomic mass is 35.5. The number of hydrogen-bond acceptors (Lipinski definition) is 4. The van der Waals surface area contributed by atoms with Gasteiger partial charge in [0.2, 0.25) is 5.91 Å². The number of likely N-dealkylation sites (tertiary alicyclic amines) is 1. The van der Waals surface area contributed by atoms with Crippen molar-refractivity contribution in [3.05, 3.63) is 28.8 Å². The Kier molecular flexibility index (Phi) is 6.38. The predicted molar refractivity (Wildman–Crippen MR) is 89.7 cm³/mol. The minimum Gasteiger partial charge on any atom is -0.383 e. The third kappa shape index (κ3) is 4.67. The molecule has 0 aliphatic carbocycles. The Hall–Kier alpha value is -1.63. The maximum Gasteiger partial charge on any atom is 0.255 e. The van der Waals surface area contributed by atoms with E-state index >= 15 is 0 Å². The zero-order valence-electron chi connectivity index (χ0n) is 13.2. The van der Waals surface area contributed by atoms with E-state index in [-0.39, 0.29) is 12.5 Å². The average Bonchev–Trinajstić information content (AvgIpc) is 2.55. The van der Waals surface area contributed by atoms with E-state index in [0.29, 0.717) is 16.3 Å². The molecule has 1 fully saturated rings. The predicted octanol–water partition coefficient (Wildman–Crippen LogP) is 1.88. The largest absolute Gasteiger partial charge is 0.383 e. The van der Waals surface area contributed by atoms with Crippen molar-refractivity contribution in [2.45, 2.75) is 25.3 Å². The van der Waals surface area contributed by atoms with Gasteiger partial charge in [-0.15, -0.1) is 0 Å². The Morgan fingerprint density at radius 2 is 2.04 bits per heavy atom. The first-order valence-electron chi connectivity index (χ1n) is 7.67. The molecule has 1 aromatic carbocycles. The molecule has 1 heterocycles. The molecule has 0 spiro atoms. The summed E-state index contributed by atoms with van der Waals surface area (Å²) in [6, 6.07) is 4.04. The molecule has 6 nitrogen and oxygen atoms in total. The van der Waals surface area contributed by atoms with Crippen LogP contribution >= 0.6 is 11.6 Å². The number of methoxy groups -OCH3 is 1. The molecule has 2 amide bonds. The number of nitrogens with zero attached hydrogens (tertiary/aromatic N) is 1. The lowest BCUT2D eigenvalue weighted by Gasteiger charge is -2.27. The fourth-order valence-corrected chi connectivity index (χ4v) is 2.73. The van der Waals surface area contributed by atoms with Crippen LogP contribution in [0.25, 0.3) is 0 Å². The molecule has 1 aromatic rings. The van der Waals surface area contributed by atoms with Crippen molar-refractivity contribution >= 4 is 29.1 Å². The Balaban J connectivity index is 2.19. The van der Waals surface area contributed by atoms with E-state index in [1.807, 2.05) is 0 Å². The molecule has 1 aliphatic rings.